The van der Waals surface area contributed by atoms with Crippen LogP contribution in [0.4, 0.5) is 5.69 Å². The number of aromatic nitrogens is 1. The maximum atomic E-state index is 4.57. The molecule has 1 fully saturated rings. The van der Waals surface area contributed by atoms with Crippen LogP contribution < -0.4 is 15.5 Å². The number of rotatable bonds is 7. The number of benzene rings is 1. The van der Waals surface area contributed by atoms with E-state index in [2.05, 4.69) is 75.4 Å². The molecule has 0 saturated carbocycles. The molecule has 158 valence electrons. The van der Waals surface area contributed by atoms with Gasteiger partial charge in [0.25, 0.3) is 0 Å². The van der Waals surface area contributed by atoms with Gasteiger partial charge in [0.05, 0.1) is 12.2 Å². The highest BCUT2D eigenvalue weighted by Gasteiger charge is 2.16. The molecular weight excluding hydrogens is 380 g/mol. The molecule has 0 atom stereocenters. The Hall–Kier alpha value is -2.12. The van der Waals surface area contributed by atoms with Crippen LogP contribution >= 0.6 is 11.3 Å². The number of thiazole rings is 1. The summed E-state index contributed by atoms with van der Waals surface area (Å²) in [5, 5.41) is 7.89. The molecule has 1 aliphatic heterocycles. The molecule has 0 unspecified atom stereocenters. The summed E-state index contributed by atoms with van der Waals surface area (Å²) < 4.78 is 0. The second kappa shape index (κ2) is 10.6. The van der Waals surface area contributed by atoms with Crippen LogP contribution in [0.3, 0.4) is 0 Å². The van der Waals surface area contributed by atoms with E-state index in [-0.39, 0.29) is 0 Å². The van der Waals surface area contributed by atoms with E-state index in [0.717, 1.165) is 68.9 Å². The van der Waals surface area contributed by atoms with Crippen molar-refractivity contribution in [3.05, 3.63) is 45.4 Å². The van der Waals surface area contributed by atoms with E-state index in [1.807, 2.05) is 7.05 Å². The summed E-state index contributed by atoms with van der Waals surface area (Å²) >= 11 is 1.75. The topological polar surface area (TPSA) is 55.8 Å². The van der Waals surface area contributed by atoms with Crippen molar-refractivity contribution in [1.29, 1.82) is 0 Å². The van der Waals surface area contributed by atoms with Gasteiger partial charge < -0.3 is 15.5 Å². The summed E-state index contributed by atoms with van der Waals surface area (Å²) in [5.74, 6) is 0.847. The fourth-order valence-corrected chi connectivity index (χ4v) is 4.43. The Morgan fingerprint density at radius 1 is 1.14 bits per heavy atom. The van der Waals surface area contributed by atoms with E-state index >= 15 is 0 Å². The van der Waals surface area contributed by atoms with E-state index < -0.39 is 0 Å². The van der Waals surface area contributed by atoms with Gasteiger partial charge in [-0.3, -0.25) is 9.89 Å². The van der Waals surface area contributed by atoms with Crippen molar-refractivity contribution in [2.75, 3.05) is 51.2 Å². The van der Waals surface area contributed by atoms with Crippen molar-refractivity contribution >= 4 is 23.0 Å². The van der Waals surface area contributed by atoms with Crippen LogP contribution in [0.15, 0.2) is 29.3 Å². The van der Waals surface area contributed by atoms with Gasteiger partial charge >= 0.3 is 0 Å². The molecule has 0 amide bonds. The molecule has 2 N–H and O–H groups in total. The zero-order valence-electron chi connectivity index (χ0n) is 18.2. The Morgan fingerprint density at radius 3 is 2.59 bits per heavy atom. The van der Waals surface area contributed by atoms with Gasteiger partial charge in [-0.15, -0.1) is 11.3 Å². The van der Waals surface area contributed by atoms with Crippen LogP contribution in [0.25, 0.3) is 0 Å². The minimum Gasteiger partial charge on any atom is -0.369 e. The molecule has 7 heteroatoms. The Balaban J connectivity index is 1.32. The van der Waals surface area contributed by atoms with Gasteiger partial charge in [-0.25, -0.2) is 4.98 Å². The van der Waals surface area contributed by atoms with Gasteiger partial charge in [0, 0.05) is 50.3 Å². The Labute approximate surface area is 179 Å². The molecule has 0 spiro atoms. The molecule has 0 aliphatic carbocycles. The molecule has 29 heavy (non-hydrogen) atoms. The van der Waals surface area contributed by atoms with Crippen molar-refractivity contribution in [3.8, 4) is 0 Å². The predicted molar refractivity (Wildman–Crippen MR) is 124 cm³/mol. The maximum Gasteiger partial charge on any atom is 0.191 e. The number of aryl methyl sites for hydroxylation is 3. The van der Waals surface area contributed by atoms with Crippen molar-refractivity contribution in [2.24, 2.45) is 4.99 Å². The number of nitrogens with one attached hydrogen (secondary N) is 2. The molecule has 3 rings (SSSR count). The summed E-state index contributed by atoms with van der Waals surface area (Å²) in [7, 11) is 1.82. The SMILES string of the molecule is CN=C(NCCCN1CCN(c2cccc(C)c2)CC1)NCc1nc(C)c(C)s1. The molecule has 6 nitrogen and oxygen atoms in total. The first-order chi connectivity index (χ1) is 14.0. The van der Waals surface area contributed by atoms with Crippen LogP contribution in [0.1, 0.15) is 27.6 Å². The summed E-state index contributed by atoms with van der Waals surface area (Å²) in [4.78, 5) is 15.2. The number of aliphatic imine (C=N–C) groups is 1. The number of piperazine rings is 1. The first-order valence-electron chi connectivity index (χ1n) is 10.5. The molecular formula is C22H34N6S. The molecule has 1 saturated heterocycles. The van der Waals surface area contributed by atoms with E-state index in [4.69, 9.17) is 0 Å². The standard InChI is InChI=1S/C22H34N6S/c1-17-7-5-8-20(15-17)28-13-11-27(12-14-28)10-6-9-24-22(23-4)25-16-21-26-18(2)19(3)29-21/h5,7-8,15H,6,9-14,16H2,1-4H3,(H2,23,24,25). The van der Waals surface area contributed by atoms with Crippen LogP contribution in [0, 0.1) is 20.8 Å². The highest BCUT2D eigenvalue weighted by molar-refractivity contribution is 7.11. The quantitative estimate of drug-likeness (QED) is 0.414. The lowest BCUT2D eigenvalue weighted by Gasteiger charge is -2.36. The molecule has 2 aromatic rings. The smallest absolute Gasteiger partial charge is 0.191 e. The monoisotopic (exact) mass is 414 g/mol. The van der Waals surface area contributed by atoms with Crippen LogP contribution in [0.5, 0.6) is 0 Å². The highest BCUT2D eigenvalue weighted by Crippen LogP contribution is 2.18. The number of guanidine groups is 1. The fraction of sp³-hybridized carbons (Fsp3) is 0.545. The maximum absolute atomic E-state index is 4.57. The van der Waals surface area contributed by atoms with E-state index in [1.165, 1.54) is 16.1 Å². The lowest BCUT2D eigenvalue weighted by Crippen LogP contribution is -2.47. The van der Waals surface area contributed by atoms with Gasteiger partial charge in [0.15, 0.2) is 5.96 Å². The lowest BCUT2D eigenvalue weighted by atomic mass is 10.2. The highest BCUT2D eigenvalue weighted by atomic mass is 32.1. The summed E-state index contributed by atoms with van der Waals surface area (Å²) in [6.07, 6.45) is 1.11. The third-order valence-corrected chi connectivity index (χ3v) is 6.46. The minimum absolute atomic E-state index is 0.722. The van der Waals surface area contributed by atoms with E-state index in [0.29, 0.717) is 0 Å². The van der Waals surface area contributed by atoms with Gasteiger partial charge in [-0.2, -0.15) is 0 Å². The fourth-order valence-electron chi connectivity index (χ4n) is 3.56. The largest absolute Gasteiger partial charge is 0.369 e. The molecule has 2 heterocycles. The summed E-state index contributed by atoms with van der Waals surface area (Å²) in [5.41, 5.74) is 3.81. The first kappa shape index (κ1) is 21.6. The van der Waals surface area contributed by atoms with E-state index in [1.54, 1.807) is 11.3 Å². The van der Waals surface area contributed by atoms with E-state index in [9.17, 15) is 0 Å². The Morgan fingerprint density at radius 2 is 1.93 bits per heavy atom. The number of hydrogen-bond donors (Lipinski definition) is 2. The summed E-state index contributed by atoms with van der Waals surface area (Å²) in [6.45, 7) is 13.6. The van der Waals surface area contributed by atoms with Crippen molar-refractivity contribution in [3.63, 3.8) is 0 Å². The normalized spacial score (nSPS) is 15.6. The van der Waals surface area contributed by atoms with Crippen LogP contribution in [-0.4, -0.2) is 62.2 Å². The average Bonchev–Trinajstić information content (AvgIpc) is 3.05. The van der Waals surface area contributed by atoms with Crippen molar-refractivity contribution in [2.45, 2.75) is 33.7 Å². The number of nitrogens with zero attached hydrogens (tertiary/aromatic N) is 4. The minimum atomic E-state index is 0.722. The zero-order chi connectivity index (χ0) is 20.6. The number of anilines is 1. The molecule has 1 aromatic heterocycles. The van der Waals surface area contributed by atoms with Gasteiger partial charge in [0.2, 0.25) is 0 Å². The van der Waals surface area contributed by atoms with Crippen molar-refractivity contribution < 1.29 is 0 Å². The average molecular weight is 415 g/mol. The molecule has 1 aliphatic rings. The first-order valence-corrected chi connectivity index (χ1v) is 11.3. The molecule has 0 bridgehead atoms. The third kappa shape index (κ3) is 6.44. The second-order valence-electron chi connectivity index (χ2n) is 7.62. The van der Waals surface area contributed by atoms with Crippen LogP contribution in [-0.2, 0) is 6.54 Å². The second-order valence-corrected chi connectivity index (χ2v) is 8.91. The summed E-state index contributed by atoms with van der Waals surface area (Å²) in [6, 6.07) is 8.82. The molecule has 0 radical (unpaired) electrons. The number of hydrogen-bond acceptors (Lipinski definition) is 5. The molecule has 1 aromatic carbocycles. The lowest BCUT2D eigenvalue weighted by molar-refractivity contribution is 0.255. The predicted octanol–water partition coefficient (Wildman–Crippen LogP) is 2.95. The van der Waals surface area contributed by atoms with Gasteiger partial charge in [-0.1, -0.05) is 12.1 Å². The van der Waals surface area contributed by atoms with Gasteiger partial charge in [-0.05, 0) is 51.4 Å². The van der Waals surface area contributed by atoms with Gasteiger partial charge in [0.1, 0.15) is 5.01 Å². The Kier molecular flexibility index (Phi) is 7.89. The van der Waals surface area contributed by atoms with Crippen LogP contribution in [0.2, 0.25) is 0 Å². The van der Waals surface area contributed by atoms with Crippen molar-refractivity contribution in [1.82, 2.24) is 20.5 Å². The Bertz CT molecular complexity index is 788. The zero-order valence-corrected chi connectivity index (χ0v) is 19.0. The third-order valence-electron chi connectivity index (χ3n) is 5.39.